The number of ether oxygens (including phenoxy) is 1. The highest BCUT2D eigenvalue weighted by Gasteiger charge is 2.35. The van der Waals surface area contributed by atoms with Gasteiger partial charge in [-0.3, -0.25) is 0 Å². The van der Waals surface area contributed by atoms with E-state index in [1.54, 1.807) is 37.3 Å². The average Bonchev–Trinajstić information content (AvgIpc) is 3.24. The van der Waals surface area contributed by atoms with Crippen LogP contribution in [0.15, 0.2) is 64.6 Å². The minimum Gasteiger partial charge on any atom is -0.461 e. The molecule has 1 aliphatic heterocycles. The van der Waals surface area contributed by atoms with Gasteiger partial charge in [-0.15, -0.1) is 0 Å². The molecule has 1 atom stereocenters. The van der Waals surface area contributed by atoms with Crippen LogP contribution in [0.5, 0.6) is 0 Å². The summed E-state index contributed by atoms with van der Waals surface area (Å²) in [6.45, 7) is 5.95. The van der Waals surface area contributed by atoms with E-state index in [-0.39, 0.29) is 23.2 Å². The summed E-state index contributed by atoms with van der Waals surface area (Å²) in [4.78, 5) is 16.6. The lowest BCUT2D eigenvalue weighted by Gasteiger charge is -2.41. The van der Waals surface area contributed by atoms with Crippen molar-refractivity contribution in [2.75, 3.05) is 18.1 Å². The maximum Gasteiger partial charge on any atom is 0.358 e. The number of anilines is 1. The van der Waals surface area contributed by atoms with Gasteiger partial charge in [0.1, 0.15) is 11.6 Å². The fraction of sp³-hybridized carbons (Fsp3) is 0.261. The number of hydrogen-bond donors (Lipinski definition) is 1. The molecule has 0 saturated carbocycles. The first kappa shape index (κ1) is 23.4. The molecule has 4 rings (SSSR count). The van der Waals surface area contributed by atoms with E-state index in [4.69, 9.17) is 4.74 Å². The Morgan fingerprint density at radius 1 is 1.21 bits per heavy atom. The van der Waals surface area contributed by atoms with Crippen LogP contribution < -0.4 is 9.73 Å². The summed E-state index contributed by atoms with van der Waals surface area (Å²) in [5, 5.41) is 8.46. The molecule has 0 radical (unpaired) electrons. The lowest BCUT2D eigenvalue weighted by atomic mass is 10.0. The van der Waals surface area contributed by atoms with E-state index in [1.165, 1.54) is 28.9 Å². The predicted molar refractivity (Wildman–Crippen MR) is 125 cm³/mol. The summed E-state index contributed by atoms with van der Waals surface area (Å²) in [6.07, 6.45) is 0. The Labute approximate surface area is 196 Å². The van der Waals surface area contributed by atoms with Crippen LogP contribution in [0.4, 0.5) is 10.2 Å². The van der Waals surface area contributed by atoms with Gasteiger partial charge in [-0.25, -0.2) is 13.9 Å². The monoisotopic (exact) mass is 485 g/mol. The summed E-state index contributed by atoms with van der Waals surface area (Å²) in [7, 11) is -3.79. The number of esters is 1. The molecule has 11 heteroatoms. The van der Waals surface area contributed by atoms with Gasteiger partial charge in [-0.1, -0.05) is 17.7 Å². The van der Waals surface area contributed by atoms with Crippen molar-refractivity contribution in [1.82, 2.24) is 14.6 Å². The normalized spacial score (nSPS) is 16.9. The van der Waals surface area contributed by atoms with Crippen LogP contribution in [0, 0.1) is 12.7 Å². The van der Waals surface area contributed by atoms with Crippen LogP contribution in [0.1, 0.15) is 29.9 Å². The van der Waals surface area contributed by atoms with Crippen LogP contribution in [-0.2, 0) is 14.8 Å². The van der Waals surface area contributed by atoms with E-state index in [0.29, 0.717) is 23.8 Å². The zero-order valence-electron chi connectivity index (χ0n) is 18.9. The summed E-state index contributed by atoms with van der Waals surface area (Å²) < 4.78 is 45.1. The Kier molecular flexibility index (Phi) is 6.38. The van der Waals surface area contributed by atoms with Crippen LogP contribution in [0.2, 0.25) is 0 Å². The molecule has 0 amide bonds. The number of hydrogen-bond acceptors (Lipinski definition) is 7. The SMILES string of the molecule is CCOC(=O)c1cc(N2C/C(=N\NS(=O)(=O)c3ccc(C)cc3)[C@H]2C)n(-c2ccc(F)cc2)n1. The molecule has 2 aromatic carbocycles. The molecule has 1 fully saturated rings. The van der Waals surface area contributed by atoms with Gasteiger partial charge in [-0.2, -0.15) is 23.4 Å². The molecule has 3 aromatic rings. The third-order valence-corrected chi connectivity index (χ3v) is 6.69. The summed E-state index contributed by atoms with van der Waals surface area (Å²) >= 11 is 0. The lowest BCUT2D eigenvalue weighted by molar-refractivity contribution is 0.0519. The molecule has 0 bridgehead atoms. The Hall–Kier alpha value is -3.73. The highest BCUT2D eigenvalue weighted by molar-refractivity contribution is 7.89. The van der Waals surface area contributed by atoms with Gasteiger partial charge >= 0.3 is 5.97 Å². The minimum atomic E-state index is -3.79. The molecule has 34 heavy (non-hydrogen) atoms. The second-order valence-electron chi connectivity index (χ2n) is 7.81. The molecule has 1 N–H and O–H groups in total. The average molecular weight is 486 g/mol. The van der Waals surface area contributed by atoms with Gasteiger partial charge in [0.25, 0.3) is 10.0 Å². The van der Waals surface area contributed by atoms with Crippen molar-refractivity contribution in [3.05, 3.63) is 71.7 Å². The topological polar surface area (TPSA) is 106 Å². The van der Waals surface area contributed by atoms with Crippen molar-refractivity contribution in [2.45, 2.75) is 31.7 Å². The zero-order chi connectivity index (χ0) is 24.5. The van der Waals surface area contributed by atoms with E-state index in [9.17, 15) is 17.6 Å². The molecule has 1 aliphatic rings. The number of aryl methyl sites for hydroxylation is 1. The van der Waals surface area contributed by atoms with Crippen molar-refractivity contribution < 1.29 is 22.3 Å². The maximum absolute atomic E-state index is 13.4. The van der Waals surface area contributed by atoms with Gasteiger partial charge in [0, 0.05) is 6.07 Å². The third kappa shape index (κ3) is 4.65. The fourth-order valence-electron chi connectivity index (χ4n) is 3.46. The smallest absolute Gasteiger partial charge is 0.358 e. The number of aromatic nitrogens is 2. The summed E-state index contributed by atoms with van der Waals surface area (Å²) in [5.74, 6) is -0.393. The molecule has 178 valence electrons. The van der Waals surface area contributed by atoms with Crippen LogP contribution in [0.25, 0.3) is 5.69 Å². The molecule has 1 saturated heterocycles. The molecule has 9 nitrogen and oxygen atoms in total. The number of hydrazone groups is 1. The fourth-order valence-corrected chi connectivity index (χ4v) is 4.30. The van der Waals surface area contributed by atoms with Crippen molar-refractivity contribution >= 4 is 27.5 Å². The van der Waals surface area contributed by atoms with Crippen LogP contribution in [-0.4, -0.2) is 49.1 Å². The van der Waals surface area contributed by atoms with Crippen molar-refractivity contribution in [3.63, 3.8) is 0 Å². The van der Waals surface area contributed by atoms with Crippen molar-refractivity contribution in [1.29, 1.82) is 0 Å². The highest BCUT2D eigenvalue weighted by atomic mass is 32.2. The highest BCUT2D eigenvalue weighted by Crippen LogP contribution is 2.29. The Morgan fingerprint density at radius 3 is 2.50 bits per heavy atom. The molecule has 0 spiro atoms. The van der Waals surface area contributed by atoms with Crippen LogP contribution in [0.3, 0.4) is 0 Å². The minimum absolute atomic E-state index is 0.110. The lowest BCUT2D eigenvalue weighted by Crippen LogP contribution is -2.57. The van der Waals surface area contributed by atoms with E-state index >= 15 is 0 Å². The number of carbonyl (C=O) groups is 1. The van der Waals surface area contributed by atoms with Crippen molar-refractivity contribution in [3.8, 4) is 5.69 Å². The second-order valence-corrected chi connectivity index (χ2v) is 9.47. The van der Waals surface area contributed by atoms with Gasteiger partial charge < -0.3 is 9.64 Å². The Morgan fingerprint density at radius 2 is 1.88 bits per heavy atom. The number of benzene rings is 2. The molecule has 2 heterocycles. The van der Waals surface area contributed by atoms with Crippen LogP contribution >= 0.6 is 0 Å². The van der Waals surface area contributed by atoms with Gasteiger partial charge in [0.05, 0.1) is 35.5 Å². The Bertz CT molecular complexity index is 1330. The molecular formula is C23H24FN5O4S. The van der Waals surface area contributed by atoms with Crippen molar-refractivity contribution in [2.24, 2.45) is 5.10 Å². The first-order valence-corrected chi connectivity index (χ1v) is 12.1. The summed E-state index contributed by atoms with van der Waals surface area (Å²) in [5.41, 5.74) is 2.23. The quantitative estimate of drug-likeness (QED) is 0.407. The molecular weight excluding hydrogens is 461 g/mol. The summed E-state index contributed by atoms with van der Waals surface area (Å²) in [6, 6.07) is 13.5. The number of carbonyl (C=O) groups excluding carboxylic acids is 1. The van der Waals surface area contributed by atoms with E-state index in [1.807, 2.05) is 18.7 Å². The molecule has 0 aliphatic carbocycles. The van der Waals surface area contributed by atoms with Gasteiger partial charge in [-0.05, 0) is 57.2 Å². The number of nitrogens with zero attached hydrogens (tertiary/aromatic N) is 4. The Balaban J connectivity index is 1.57. The number of nitrogens with one attached hydrogen (secondary N) is 1. The second kappa shape index (κ2) is 9.26. The van der Waals surface area contributed by atoms with E-state index < -0.39 is 21.8 Å². The maximum atomic E-state index is 13.4. The molecule has 1 aromatic heterocycles. The number of halogens is 1. The van der Waals surface area contributed by atoms with Gasteiger partial charge in [0.15, 0.2) is 5.69 Å². The zero-order valence-corrected chi connectivity index (χ0v) is 19.7. The predicted octanol–water partition coefficient (Wildman–Crippen LogP) is 3.04. The van der Waals surface area contributed by atoms with E-state index in [2.05, 4.69) is 15.0 Å². The third-order valence-electron chi connectivity index (χ3n) is 5.46. The first-order valence-electron chi connectivity index (χ1n) is 10.6. The van der Waals surface area contributed by atoms with Gasteiger partial charge in [0.2, 0.25) is 0 Å². The standard InChI is InChI=1S/C23H24FN5O4S/c1-4-33-23(30)20-13-22(29(26-20)18-9-7-17(24)8-10-18)28-14-21(16(28)3)25-27-34(31,32)19-11-5-15(2)6-12-19/h5-13,16,27H,4,14H2,1-3H3/b25-21+/t16-/m1/s1. The molecule has 0 unspecified atom stereocenters. The first-order chi connectivity index (χ1) is 16.2. The van der Waals surface area contributed by atoms with E-state index in [0.717, 1.165) is 5.56 Å². The number of rotatable bonds is 7. The number of sulfonamides is 1. The largest absolute Gasteiger partial charge is 0.461 e.